The average molecular weight is 736 g/mol. The van der Waals surface area contributed by atoms with E-state index in [2.05, 4.69) is 66.3 Å². The maximum atomic E-state index is 9.24. The standard InChI is InChI=1S/C38H78BNOS5/c39-33-37(23-21-29-42)35-45-31-19-13-9-5-1-3-7-11-15-25-40(27-17-18-28-41)26-16-12-8-4-2-6-10-14-20-32-46-36-38(34-44)24-22-30-43/h37-38,41-44H,1-36H2. The molecule has 0 aliphatic carbocycles. The Morgan fingerprint density at radius 1 is 0.478 bits per heavy atom. The maximum absolute atomic E-state index is 9.24. The first-order valence-electron chi connectivity index (χ1n) is 19.7. The Morgan fingerprint density at radius 3 is 1.24 bits per heavy atom. The largest absolute Gasteiger partial charge is 0.396 e. The van der Waals surface area contributed by atoms with Crippen LogP contribution in [0.2, 0.25) is 6.32 Å². The smallest absolute Gasteiger partial charge is 0.0657 e. The first-order chi connectivity index (χ1) is 22.7. The summed E-state index contributed by atoms with van der Waals surface area (Å²) in [5, 5.41) is 9.24. The minimum absolute atomic E-state index is 0.338. The fourth-order valence-corrected chi connectivity index (χ4v) is 9.35. The van der Waals surface area contributed by atoms with Gasteiger partial charge in [0.25, 0.3) is 0 Å². The van der Waals surface area contributed by atoms with Gasteiger partial charge in [-0.2, -0.15) is 61.4 Å². The topological polar surface area (TPSA) is 23.5 Å². The van der Waals surface area contributed by atoms with Gasteiger partial charge < -0.3 is 10.0 Å². The van der Waals surface area contributed by atoms with Crippen LogP contribution < -0.4 is 0 Å². The molecule has 0 bridgehead atoms. The molecule has 0 spiro atoms. The summed E-state index contributed by atoms with van der Waals surface area (Å²) in [7, 11) is 5.91. The highest BCUT2D eigenvalue weighted by Gasteiger charge is 2.08. The second-order valence-corrected chi connectivity index (χ2v) is 17.2. The number of hydrogen-bond donors (Lipinski definition) is 4. The summed E-state index contributed by atoms with van der Waals surface area (Å²) in [6.45, 7) is 4.02. The minimum Gasteiger partial charge on any atom is -0.396 e. The molecule has 2 nitrogen and oxygen atoms in total. The first-order valence-corrected chi connectivity index (χ1v) is 23.9. The predicted molar refractivity (Wildman–Crippen MR) is 228 cm³/mol. The zero-order valence-electron chi connectivity index (χ0n) is 30.2. The third kappa shape index (κ3) is 35.6. The molecule has 0 aliphatic rings. The van der Waals surface area contributed by atoms with Gasteiger partial charge in [-0.1, -0.05) is 96.2 Å². The lowest BCUT2D eigenvalue weighted by atomic mass is 9.89. The van der Waals surface area contributed by atoms with E-state index in [1.54, 1.807) is 0 Å². The average Bonchev–Trinajstić information content (AvgIpc) is 3.07. The van der Waals surface area contributed by atoms with Crippen LogP contribution in [0.4, 0.5) is 0 Å². The molecule has 2 radical (unpaired) electrons. The Balaban J connectivity index is 3.64. The summed E-state index contributed by atoms with van der Waals surface area (Å²) >= 11 is 17.4. The van der Waals surface area contributed by atoms with Crippen molar-refractivity contribution in [1.82, 2.24) is 4.90 Å². The van der Waals surface area contributed by atoms with Gasteiger partial charge >= 0.3 is 0 Å². The minimum atomic E-state index is 0.338. The number of aliphatic hydroxyl groups is 1. The van der Waals surface area contributed by atoms with Crippen LogP contribution in [-0.4, -0.2) is 84.4 Å². The molecule has 0 aromatic heterocycles. The van der Waals surface area contributed by atoms with Crippen LogP contribution in [0.3, 0.4) is 0 Å². The second kappa shape index (κ2) is 41.2. The lowest BCUT2D eigenvalue weighted by Crippen LogP contribution is -2.27. The van der Waals surface area contributed by atoms with E-state index in [4.69, 9.17) is 7.85 Å². The van der Waals surface area contributed by atoms with E-state index in [0.29, 0.717) is 12.5 Å². The molecule has 274 valence electrons. The number of thiol groups is 3. The molecule has 0 saturated heterocycles. The van der Waals surface area contributed by atoms with Crippen LogP contribution in [0.1, 0.15) is 154 Å². The number of aliphatic hydroxyl groups excluding tert-OH is 1. The third-order valence-corrected chi connectivity index (χ3v) is 13.0. The van der Waals surface area contributed by atoms with E-state index < -0.39 is 0 Å². The number of unbranched alkanes of at least 4 members (excludes halogenated alkanes) is 17. The fraction of sp³-hybridized carbons (Fsp3) is 1.00. The Labute approximate surface area is 316 Å². The molecular weight excluding hydrogens is 658 g/mol. The number of hydrogen-bond acceptors (Lipinski definition) is 7. The van der Waals surface area contributed by atoms with Crippen molar-refractivity contribution in [2.45, 2.75) is 160 Å². The number of thioether (sulfide) groups is 2. The van der Waals surface area contributed by atoms with Gasteiger partial charge in [-0.05, 0) is 136 Å². The van der Waals surface area contributed by atoms with Gasteiger partial charge in [-0.25, -0.2) is 0 Å². The van der Waals surface area contributed by atoms with Crippen LogP contribution in [0.5, 0.6) is 0 Å². The molecule has 0 heterocycles. The predicted octanol–water partition coefficient (Wildman–Crippen LogP) is 11.7. The molecule has 0 aromatic carbocycles. The molecule has 0 aromatic rings. The summed E-state index contributed by atoms with van der Waals surface area (Å²) < 4.78 is 0. The Kier molecular flexibility index (Phi) is 42.7. The quantitative estimate of drug-likeness (QED) is 0.0286. The molecule has 0 saturated carbocycles. The van der Waals surface area contributed by atoms with Crippen LogP contribution in [0.25, 0.3) is 0 Å². The van der Waals surface area contributed by atoms with Crippen molar-refractivity contribution >= 4 is 69.3 Å². The SMILES string of the molecule is [B]CC(CCCS)CSCCCCCCCCCCCN(CCCCO)CCCCCCCCCCCSCC(CS)CCCS. The lowest BCUT2D eigenvalue weighted by molar-refractivity contribution is 0.234. The molecule has 2 atom stereocenters. The van der Waals surface area contributed by atoms with E-state index in [9.17, 15) is 5.11 Å². The molecule has 2 unspecified atom stereocenters. The highest BCUT2D eigenvalue weighted by Crippen LogP contribution is 2.20. The van der Waals surface area contributed by atoms with Crippen molar-refractivity contribution < 1.29 is 5.11 Å². The normalized spacial score (nSPS) is 13.2. The fourth-order valence-electron chi connectivity index (χ4n) is 6.09. The van der Waals surface area contributed by atoms with E-state index in [-0.39, 0.29) is 0 Å². The van der Waals surface area contributed by atoms with Crippen LogP contribution in [-0.2, 0) is 0 Å². The van der Waals surface area contributed by atoms with Crippen LogP contribution in [0, 0.1) is 11.8 Å². The summed E-state index contributed by atoms with van der Waals surface area (Å²) in [6.07, 6.45) is 33.0. The van der Waals surface area contributed by atoms with Gasteiger partial charge in [0.1, 0.15) is 0 Å². The Morgan fingerprint density at radius 2 is 0.848 bits per heavy atom. The van der Waals surface area contributed by atoms with Gasteiger partial charge in [0.2, 0.25) is 0 Å². The van der Waals surface area contributed by atoms with E-state index in [1.165, 1.54) is 184 Å². The first kappa shape index (κ1) is 47.7. The molecule has 8 heteroatoms. The second-order valence-electron chi connectivity index (χ2n) is 13.7. The van der Waals surface area contributed by atoms with Gasteiger partial charge in [0.05, 0.1) is 7.85 Å². The summed E-state index contributed by atoms with van der Waals surface area (Å²) in [5.41, 5.74) is 0. The number of rotatable bonds is 40. The molecule has 0 rings (SSSR count). The summed E-state index contributed by atoms with van der Waals surface area (Å²) in [4.78, 5) is 2.70. The highest BCUT2D eigenvalue weighted by molar-refractivity contribution is 7.99. The molecule has 0 amide bonds. The van der Waals surface area contributed by atoms with Crippen molar-refractivity contribution in [3.8, 4) is 0 Å². The van der Waals surface area contributed by atoms with Gasteiger partial charge in [-0.15, -0.1) is 0 Å². The number of nitrogens with zero attached hydrogens (tertiary/aromatic N) is 1. The highest BCUT2D eigenvalue weighted by atomic mass is 32.2. The lowest BCUT2D eigenvalue weighted by Gasteiger charge is -2.22. The van der Waals surface area contributed by atoms with Crippen molar-refractivity contribution in [1.29, 1.82) is 0 Å². The summed E-state index contributed by atoms with van der Waals surface area (Å²) in [5.74, 6) is 9.64. The molecule has 1 N–H and O–H groups in total. The van der Waals surface area contributed by atoms with Crippen molar-refractivity contribution in [3.63, 3.8) is 0 Å². The monoisotopic (exact) mass is 735 g/mol. The van der Waals surface area contributed by atoms with Gasteiger partial charge in [-0.3, -0.25) is 0 Å². The molecule has 0 aliphatic heterocycles. The Hall–Kier alpha value is 1.73. The van der Waals surface area contributed by atoms with E-state index in [0.717, 1.165) is 42.3 Å². The maximum Gasteiger partial charge on any atom is 0.0657 e. The van der Waals surface area contributed by atoms with Gasteiger partial charge in [0.15, 0.2) is 0 Å². The van der Waals surface area contributed by atoms with Crippen molar-refractivity contribution in [2.75, 3.05) is 66.5 Å². The van der Waals surface area contributed by atoms with Gasteiger partial charge in [0, 0.05) is 6.61 Å². The molecule has 0 fully saturated rings. The van der Waals surface area contributed by atoms with Crippen LogP contribution >= 0.6 is 61.4 Å². The van der Waals surface area contributed by atoms with Crippen LogP contribution in [0.15, 0.2) is 0 Å². The Bertz CT molecular complexity index is 523. The third-order valence-electron chi connectivity index (χ3n) is 9.25. The zero-order chi connectivity index (χ0) is 33.6. The zero-order valence-corrected chi connectivity index (χ0v) is 34.6. The van der Waals surface area contributed by atoms with Crippen molar-refractivity contribution in [2.24, 2.45) is 11.8 Å². The van der Waals surface area contributed by atoms with E-state index in [1.807, 2.05) is 0 Å². The van der Waals surface area contributed by atoms with E-state index >= 15 is 0 Å². The molecule has 46 heavy (non-hydrogen) atoms. The molecular formula is C38H78BNOS5. The summed E-state index contributed by atoms with van der Waals surface area (Å²) in [6, 6.07) is 0. The van der Waals surface area contributed by atoms with Crippen molar-refractivity contribution in [3.05, 3.63) is 0 Å².